The lowest BCUT2D eigenvalue weighted by atomic mass is 10.2. The van der Waals surface area contributed by atoms with Crippen LogP contribution >= 0.6 is 23.2 Å². The summed E-state index contributed by atoms with van der Waals surface area (Å²) in [4.78, 5) is 17.8. The van der Waals surface area contributed by atoms with Gasteiger partial charge in [-0.3, -0.25) is 4.79 Å². The van der Waals surface area contributed by atoms with Gasteiger partial charge in [-0.15, -0.1) is 0 Å². The normalized spacial score (nSPS) is 20.4. The maximum Gasteiger partial charge on any atom is 0.254 e. The highest BCUT2D eigenvalue weighted by Crippen LogP contribution is 2.18. The van der Waals surface area contributed by atoms with Crippen LogP contribution in [0.1, 0.15) is 17.3 Å². The van der Waals surface area contributed by atoms with Gasteiger partial charge in [0.05, 0.1) is 19.3 Å². The average molecular weight is 275 g/mol. The van der Waals surface area contributed by atoms with Crippen LogP contribution in [0.5, 0.6) is 0 Å². The van der Waals surface area contributed by atoms with Crippen molar-refractivity contribution in [3.8, 4) is 0 Å². The molecule has 0 bridgehead atoms. The number of hydrogen-bond acceptors (Lipinski definition) is 3. The molecule has 1 aliphatic heterocycles. The van der Waals surface area contributed by atoms with Gasteiger partial charge in [0.1, 0.15) is 10.3 Å². The number of ether oxygens (including phenoxy) is 1. The first-order valence-corrected chi connectivity index (χ1v) is 6.05. The minimum absolute atomic E-state index is 0.0574. The molecule has 92 valence electrons. The number of carbonyl (C=O) groups is 1. The molecule has 1 atom stereocenters. The van der Waals surface area contributed by atoms with E-state index in [1.54, 1.807) is 4.90 Å². The Bertz CT molecular complexity index is 419. The highest BCUT2D eigenvalue weighted by atomic mass is 35.5. The Balaban J connectivity index is 2.23. The van der Waals surface area contributed by atoms with Gasteiger partial charge >= 0.3 is 0 Å². The molecule has 2 rings (SSSR count). The number of pyridine rings is 1. The first-order chi connectivity index (χ1) is 8.08. The third kappa shape index (κ3) is 2.89. The van der Waals surface area contributed by atoms with E-state index < -0.39 is 0 Å². The predicted octanol–water partition coefficient (Wildman–Crippen LogP) is 2.25. The fourth-order valence-electron chi connectivity index (χ4n) is 1.78. The van der Waals surface area contributed by atoms with Crippen LogP contribution in [0.15, 0.2) is 12.1 Å². The summed E-state index contributed by atoms with van der Waals surface area (Å²) in [7, 11) is 0. The zero-order valence-electron chi connectivity index (χ0n) is 9.32. The minimum Gasteiger partial charge on any atom is -0.377 e. The quantitative estimate of drug-likeness (QED) is 0.738. The van der Waals surface area contributed by atoms with E-state index in [0.717, 1.165) is 0 Å². The molecular formula is C11H12Cl2N2O2. The van der Waals surface area contributed by atoms with Crippen LogP contribution in [0.2, 0.25) is 10.3 Å². The van der Waals surface area contributed by atoms with E-state index in [0.29, 0.717) is 25.3 Å². The first kappa shape index (κ1) is 12.6. The molecule has 0 aliphatic carbocycles. The molecular weight excluding hydrogens is 263 g/mol. The molecule has 1 amide bonds. The summed E-state index contributed by atoms with van der Waals surface area (Å²) < 4.78 is 5.29. The zero-order chi connectivity index (χ0) is 12.4. The van der Waals surface area contributed by atoms with Gasteiger partial charge in [-0.05, 0) is 19.1 Å². The van der Waals surface area contributed by atoms with E-state index in [-0.39, 0.29) is 22.3 Å². The van der Waals surface area contributed by atoms with Gasteiger partial charge in [0.25, 0.3) is 5.91 Å². The van der Waals surface area contributed by atoms with Crippen LogP contribution in [0, 0.1) is 0 Å². The van der Waals surface area contributed by atoms with Crippen molar-refractivity contribution in [2.45, 2.75) is 13.0 Å². The Hall–Kier alpha value is -0.840. The molecule has 6 heteroatoms. The van der Waals surface area contributed by atoms with E-state index in [1.165, 1.54) is 12.1 Å². The van der Waals surface area contributed by atoms with Crippen molar-refractivity contribution in [2.75, 3.05) is 19.8 Å². The Morgan fingerprint density at radius 2 is 2.12 bits per heavy atom. The van der Waals surface area contributed by atoms with Gasteiger partial charge < -0.3 is 9.64 Å². The number of amides is 1. The third-order valence-corrected chi connectivity index (χ3v) is 3.03. The second kappa shape index (κ2) is 5.21. The van der Waals surface area contributed by atoms with E-state index in [4.69, 9.17) is 27.9 Å². The van der Waals surface area contributed by atoms with E-state index in [2.05, 4.69) is 4.98 Å². The van der Waals surface area contributed by atoms with Crippen molar-refractivity contribution in [1.82, 2.24) is 9.88 Å². The molecule has 4 nitrogen and oxygen atoms in total. The molecule has 0 spiro atoms. The summed E-state index contributed by atoms with van der Waals surface area (Å²) in [5, 5.41) is 0.448. The van der Waals surface area contributed by atoms with Gasteiger partial charge in [-0.25, -0.2) is 4.98 Å². The number of morpholine rings is 1. The second-order valence-corrected chi connectivity index (χ2v) is 4.70. The summed E-state index contributed by atoms with van der Waals surface area (Å²) in [6, 6.07) is 3.11. The van der Waals surface area contributed by atoms with Crippen LogP contribution in [0.4, 0.5) is 0 Å². The Morgan fingerprint density at radius 3 is 2.71 bits per heavy atom. The summed E-state index contributed by atoms with van der Waals surface area (Å²) in [6.07, 6.45) is 0. The fourth-order valence-corrected chi connectivity index (χ4v) is 2.24. The number of hydrogen-bond donors (Lipinski definition) is 0. The van der Waals surface area contributed by atoms with Crippen molar-refractivity contribution in [3.63, 3.8) is 0 Å². The summed E-state index contributed by atoms with van der Waals surface area (Å²) in [5.41, 5.74) is 0.462. The summed E-state index contributed by atoms with van der Waals surface area (Å²) in [6.45, 7) is 3.64. The Labute approximate surface area is 109 Å². The Kier molecular flexibility index (Phi) is 3.86. The molecule has 1 aliphatic rings. The lowest BCUT2D eigenvalue weighted by molar-refractivity contribution is 0.00359. The molecule has 1 aromatic rings. The monoisotopic (exact) mass is 274 g/mol. The third-order valence-electron chi connectivity index (χ3n) is 2.64. The Morgan fingerprint density at radius 1 is 1.47 bits per heavy atom. The average Bonchev–Trinajstić information content (AvgIpc) is 2.27. The van der Waals surface area contributed by atoms with Crippen LogP contribution in [-0.2, 0) is 4.74 Å². The molecule has 0 N–H and O–H groups in total. The SMILES string of the molecule is CC1COCCN1C(=O)c1cc(Cl)nc(Cl)c1. The fraction of sp³-hybridized carbons (Fsp3) is 0.455. The molecule has 0 aromatic carbocycles. The predicted molar refractivity (Wildman–Crippen MR) is 65.6 cm³/mol. The number of halogens is 2. The molecule has 2 heterocycles. The largest absolute Gasteiger partial charge is 0.377 e. The lowest BCUT2D eigenvalue weighted by Crippen LogP contribution is -2.47. The first-order valence-electron chi connectivity index (χ1n) is 5.29. The highest BCUT2D eigenvalue weighted by molar-refractivity contribution is 6.33. The molecule has 1 unspecified atom stereocenters. The molecule has 17 heavy (non-hydrogen) atoms. The van der Waals surface area contributed by atoms with Crippen molar-refractivity contribution < 1.29 is 9.53 Å². The van der Waals surface area contributed by atoms with Gasteiger partial charge in [0.2, 0.25) is 0 Å². The van der Waals surface area contributed by atoms with Crippen molar-refractivity contribution >= 4 is 29.1 Å². The number of rotatable bonds is 1. The van der Waals surface area contributed by atoms with Gasteiger partial charge in [-0.2, -0.15) is 0 Å². The van der Waals surface area contributed by atoms with Crippen LogP contribution in [-0.4, -0.2) is 41.6 Å². The molecule has 1 fully saturated rings. The van der Waals surface area contributed by atoms with Crippen molar-refractivity contribution in [2.24, 2.45) is 0 Å². The minimum atomic E-state index is -0.0907. The van der Waals surface area contributed by atoms with Crippen LogP contribution in [0.3, 0.4) is 0 Å². The van der Waals surface area contributed by atoms with Gasteiger partial charge in [0, 0.05) is 12.1 Å². The number of nitrogens with zero attached hydrogens (tertiary/aromatic N) is 2. The number of aromatic nitrogens is 1. The van der Waals surface area contributed by atoms with E-state index in [9.17, 15) is 4.79 Å². The molecule has 0 saturated carbocycles. The zero-order valence-corrected chi connectivity index (χ0v) is 10.8. The highest BCUT2D eigenvalue weighted by Gasteiger charge is 2.25. The molecule has 1 aromatic heterocycles. The molecule has 1 saturated heterocycles. The van der Waals surface area contributed by atoms with Crippen LogP contribution < -0.4 is 0 Å². The summed E-state index contributed by atoms with van der Waals surface area (Å²) in [5.74, 6) is -0.0907. The van der Waals surface area contributed by atoms with Gasteiger partial charge in [-0.1, -0.05) is 23.2 Å². The van der Waals surface area contributed by atoms with Crippen molar-refractivity contribution in [3.05, 3.63) is 28.0 Å². The number of carbonyl (C=O) groups excluding carboxylic acids is 1. The lowest BCUT2D eigenvalue weighted by Gasteiger charge is -2.33. The smallest absolute Gasteiger partial charge is 0.254 e. The van der Waals surface area contributed by atoms with Crippen LogP contribution in [0.25, 0.3) is 0 Å². The molecule has 0 radical (unpaired) electrons. The maximum absolute atomic E-state index is 12.2. The second-order valence-electron chi connectivity index (χ2n) is 3.92. The van der Waals surface area contributed by atoms with Crippen molar-refractivity contribution in [1.29, 1.82) is 0 Å². The summed E-state index contributed by atoms with van der Waals surface area (Å²) >= 11 is 11.6. The topological polar surface area (TPSA) is 42.4 Å². The maximum atomic E-state index is 12.2. The standard InChI is InChI=1S/C11H12Cl2N2O2/c1-7-6-17-3-2-15(7)11(16)8-4-9(12)14-10(13)5-8/h4-5,7H,2-3,6H2,1H3. The van der Waals surface area contributed by atoms with Gasteiger partial charge in [0.15, 0.2) is 0 Å². The van der Waals surface area contributed by atoms with E-state index in [1.807, 2.05) is 6.92 Å². The van der Waals surface area contributed by atoms with E-state index >= 15 is 0 Å².